The predicted molar refractivity (Wildman–Crippen MR) is 169 cm³/mol. The molecule has 1 aliphatic rings. The summed E-state index contributed by atoms with van der Waals surface area (Å²) in [7, 11) is 0. The first-order valence-electron chi connectivity index (χ1n) is 12.8. The lowest BCUT2D eigenvalue weighted by Crippen LogP contribution is -2.29. The Kier molecular flexibility index (Phi) is 8.36. The molecule has 0 aliphatic carbocycles. The third-order valence-electron chi connectivity index (χ3n) is 6.60. The van der Waals surface area contributed by atoms with Crippen molar-refractivity contribution in [2.75, 3.05) is 4.90 Å². The van der Waals surface area contributed by atoms with Crippen LogP contribution >= 0.6 is 35.0 Å². The molecule has 4 aromatic rings. The van der Waals surface area contributed by atoms with Gasteiger partial charge in [0, 0.05) is 21.2 Å². The first-order chi connectivity index (χ1) is 19.2. The monoisotopic (exact) mass is 586 g/mol. The van der Waals surface area contributed by atoms with E-state index in [9.17, 15) is 4.79 Å². The summed E-state index contributed by atoms with van der Waals surface area (Å²) in [6, 6.07) is 25.2. The van der Waals surface area contributed by atoms with Crippen LogP contribution < -0.4 is 9.64 Å². The molecule has 0 saturated carbocycles. The Morgan fingerprint density at radius 1 is 0.875 bits per heavy atom. The Labute approximate surface area is 249 Å². The first kappa shape index (κ1) is 28.0. The topological polar surface area (TPSA) is 41.9 Å². The van der Waals surface area contributed by atoms with Crippen molar-refractivity contribution in [1.29, 1.82) is 0 Å². The lowest BCUT2D eigenvalue weighted by molar-refractivity contribution is -0.113. The van der Waals surface area contributed by atoms with Crippen LogP contribution in [0.1, 0.15) is 33.4 Å². The van der Waals surface area contributed by atoms with Gasteiger partial charge in [0.15, 0.2) is 5.17 Å². The largest absolute Gasteiger partial charge is 0.488 e. The third-order valence-corrected chi connectivity index (χ3v) is 8.15. The SMILES string of the molecule is Cc1ccc(C)c(N=C2SC(=Cc3ccccc3OCc3ccc(Cl)cc3Cl)C(=O)N2c2cc(C)ccc2C)c1. The highest BCUT2D eigenvalue weighted by atomic mass is 35.5. The number of hydrogen-bond acceptors (Lipinski definition) is 4. The molecule has 1 amide bonds. The van der Waals surface area contributed by atoms with Crippen LogP contribution in [0.25, 0.3) is 6.08 Å². The summed E-state index contributed by atoms with van der Waals surface area (Å²) in [5.41, 5.74) is 7.51. The van der Waals surface area contributed by atoms with Crippen molar-refractivity contribution in [1.82, 2.24) is 0 Å². The fourth-order valence-electron chi connectivity index (χ4n) is 4.33. The zero-order chi connectivity index (χ0) is 28.4. The summed E-state index contributed by atoms with van der Waals surface area (Å²) in [5, 5.41) is 1.73. The van der Waals surface area contributed by atoms with Crippen LogP contribution in [-0.4, -0.2) is 11.1 Å². The standard InChI is InChI=1S/C33H28Cl2N2O2S/c1-20-9-11-22(3)28(15-20)36-33-37(29-16-21(2)10-12-23(29)4)32(38)31(40-33)17-24-7-5-6-8-30(24)39-19-25-13-14-26(34)18-27(25)35/h5-18H,19H2,1-4H3. The van der Waals surface area contributed by atoms with Crippen molar-refractivity contribution in [3.05, 3.63) is 127 Å². The maximum absolute atomic E-state index is 14.0. The van der Waals surface area contributed by atoms with Crippen LogP contribution in [0.3, 0.4) is 0 Å². The number of carbonyl (C=O) groups is 1. The number of benzene rings is 4. The summed E-state index contributed by atoms with van der Waals surface area (Å²) in [6.07, 6.45) is 1.87. The Morgan fingerprint density at radius 2 is 1.60 bits per heavy atom. The van der Waals surface area contributed by atoms with E-state index in [1.165, 1.54) is 11.8 Å². The van der Waals surface area contributed by atoms with E-state index in [-0.39, 0.29) is 12.5 Å². The van der Waals surface area contributed by atoms with Crippen LogP contribution in [0.2, 0.25) is 10.0 Å². The Morgan fingerprint density at radius 3 is 2.38 bits per heavy atom. The minimum atomic E-state index is -0.127. The van der Waals surface area contributed by atoms with Crippen molar-refractivity contribution < 1.29 is 9.53 Å². The second kappa shape index (κ2) is 11.9. The van der Waals surface area contributed by atoms with Gasteiger partial charge in [0.1, 0.15) is 12.4 Å². The van der Waals surface area contributed by atoms with Crippen molar-refractivity contribution in [3.8, 4) is 5.75 Å². The molecule has 0 N–H and O–H groups in total. The fraction of sp³-hybridized carbons (Fsp3) is 0.152. The van der Waals surface area contributed by atoms with Crippen LogP contribution in [-0.2, 0) is 11.4 Å². The van der Waals surface area contributed by atoms with Crippen LogP contribution in [0.15, 0.2) is 88.8 Å². The summed E-state index contributed by atoms with van der Waals surface area (Å²) in [5.74, 6) is 0.519. The molecule has 4 aromatic carbocycles. The van der Waals surface area contributed by atoms with Gasteiger partial charge in [-0.3, -0.25) is 9.69 Å². The van der Waals surface area contributed by atoms with Crippen LogP contribution in [0.4, 0.5) is 11.4 Å². The lowest BCUT2D eigenvalue weighted by Gasteiger charge is -2.19. The number of aryl methyl sites for hydroxylation is 4. The average Bonchev–Trinajstić information content (AvgIpc) is 3.22. The number of rotatable bonds is 6. The molecule has 0 bridgehead atoms. The maximum Gasteiger partial charge on any atom is 0.271 e. The van der Waals surface area contributed by atoms with E-state index in [4.69, 9.17) is 32.9 Å². The highest BCUT2D eigenvalue weighted by Gasteiger charge is 2.36. The molecule has 202 valence electrons. The summed E-state index contributed by atoms with van der Waals surface area (Å²) >= 11 is 13.8. The molecule has 0 unspecified atom stereocenters. The van der Waals surface area contributed by atoms with Gasteiger partial charge in [-0.05, 0) is 98.1 Å². The van der Waals surface area contributed by atoms with Gasteiger partial charge in [0.25, 0.3) is 5.91 Å². The highest BCUT2D eigenvalue weighted by Crippen LogP contribution is 2.40. The molecule has 40 heavy (non-hydrogen) atoms. The van der Waals surface area contributed by atoms with Crippen molar-refractivity contribution in [3.63, 3.8) is 0 Å². The number of hydrogen-bond donors (Lipinski definition) is 0. The molecular formula is C33H28Cl2N2O2S. The zero-order valence-corrected chi connectivity index (χ0v) is 25.0. The molecule has 5 rings (SSSR count). The van der Waals surface area contributed by atoms with Crippen molar-refractivity contribution in [2.45, 2.75) is 34.3 Å². The molecule has 1 heterocycles. The fourth-order valence-corrected chi connectivity index (χ4v) is 5.77. The Bertz CT molecular complexity index is 1680. The van der Waals surface area contributed by atoms with Gasteiger partial charge in [0.05, 0.1) is 16.3 Å². The van der Waals surface area contributed by atoms with Gasteiger partial charge in [-0.25, -0.2) is 4.99 Å². The Balaban J connectivity index is 1.53. The normalized spacial score (nSPS) is 15.3. The van der Waals surface area contributed by atoms with Gasteiger partial charge in [-0.1, -0.05) is 71.7 Å². The van der Waals surface area contributed by atoms with Crippen LogP contribution in [0.5, 0.6) is 5.75 Å². The lowest BCUT2D eigenvalue weighted by atomic mass is 10.1. The number of carbonyl (C=O) groups excluding carboxylic acids is 1. The minimum Gasteiger partial charge on any atom is -0.488 e. The van der Waals surface area contributed by atoms with Gasteiger partial charge in [-0.15, -0.1) is 0 Å². The van der Waals surface area contributed by atoms with Gasteiger partial charge >= 0.3 is 0 Å². The number of amides is 1. The second-order valence-electron chi connectivity index (χ2n) is 9.79. The molecule has 1 saturated heterocycles. The number of para-hydroxylation sites is 1. The number of amidine groups is 1. The average molecular weight is 588 g/mol. The van der Waals surface area contributed by atoms with Crippen molar-refractivity contribution in [2.24, 2.45) is 4.99 Å². The Hall–Kier alpha value is -3.51. The molecule has 0 spiro atoms. The molecule has 4 nitrogen and oxygen atoms in total. The summed E-state index contributed by atoms with van der Waals surface area (Å²) in [6.45, 7) is 8.37. The smallest absolute Gasteiger partial charge is 0.271 e. The molecular weight excluding hydrogens is 559 g/mol. The zero-order valence-electron chi connectivity index (χ0n) is 22.7. The number of halogens is 2. The number of anilines is 1. The number of ether oxygens (including phenoxy) is 1. The summed E-state index contributed by atoms with van der Waals surface area (Å²) in [4.78, 5) is 21.3. The predicted octanol–water partition coefficient (Wildman–Crippen LogP) is 9.61. The number of thioether (sulfide) groups is 1. The second-order valence-corrected chi connectivity index (χ2v) is 11.6. The quantitative estimate of drug-likeness (QED) is 0.211. The van der Waals surface area contributed by atoms with E-state index in [2.05, 4.69) is 12.1 Å². The molecule has 0 aromatic heterocycles. The van der Waals surface area contributed by atoms with E-state index in [1.807, 2.05) is 88.4 Å². The molecule has 0 radical (unpaired) electrons. The summed E-state index contributed by atoms with van der Waals surface area (Å²) < 4.78 is 6.15. The number of nitrogens with zero attached hydrogens (tertiary/aromatic N) is 2. The van der Waals surface area contributed by atoms with Gasteiger partial charge in [0.2, 0.25) is 0 Å². The molecule has 0 atom stereocenters. The molecule has 7 heteroatoms. The van der Waals surface area contributed by atoms with Crippen molar-refractivity contribution >= 4 is 63.5 Å². The third kappa shape index (κ3) is 6.12. The minimum absolute atomic E-state index is 0.127. The molecule has 1 fully saturated rings. The van der Waals surface area contributed by atoms with E-state index in [0.717, 1.165) is 44.8 Å². The number of aliphatic imine (C=N–C) groups is 1. The first-order valence-corrected chi connectivity index (χ1v) is 14.4. The molecule has 1 aliphatic heterocycles. The van der Waals surface area contributed by atoms with E-state index in [0.29, 0.717) is 25.9 Å². The van der Waals surface area contributed by atoms with Gasteiger partial charge < -0.3 is 4.74 Å². The van der Waals surface area contributed by atoms with Crippen LogP contribution in [0, 0.1) is 27.7 Å². The van der Waals surface area contributed by atoms with E-state index in [1.54, 1.807) is 17.0 Å². The highest BCUT2D eigenvalue weighted by molar-refractivity contribution is 8.19. The van der Waals surface area contributed by atoms with Gasteiger partial charge in [-0.2, -0.15) is 0 Å². The maximum atomic E-state index is 14.0. The van der Waals surface area contributed by atoms with E-state index >= 15 is 0 Å². The van der Waals surface area contributed by atoms with E-state index < -0.39 is 0 Å².